The van der Waals surface area contributed by atoms with Gasteiger partial charge >= 0.3 is 0 Å². The fourth-order valence-corrected chi connectivity index (χ4v) is 1.78. The van der Waals surface area contributed by atoms with Crippen molar-refractivity contribution in [2.24, 2.45) is 0 Å². The summed E-state index contributed by atoms with van der Waals surface area (Å²) in [4.78, 5) is 15.3. The van der Waals surface area contributed by atoms with Crippen LogP contribution in [-0.4, -0.2) is 31.2 Å². The molecule has 1 rings (SSSR count). The Morgan fingerprint density at radius 1 is 1.71 bits per heavy atom. The molecule has 0 aliphatic carbocycles. The van der Waals surface area contributed by atoms with Crippen molar-refractivity contribution in [2.45, 2.75) is 13.3 Å². The third-order valence-corrected chi connectivity index (χ3v) is 2.63. The fraction of sp³-hybridized carbons (Fsp3) is 0.556. The second-order valence-electron chi connectivity index (χ2n) is 2.92. The lowest BCUT2D eigenvalue weighted by molar-refractivity contribution is -0.124. The summed E-state index contributed by atoms with van der Waals surface area (Å²) in [5.41, 5.74) is 1.04. The Morgan fingerprint density at radius 3 is 3.07 bits per heavy atom. The zero-order chi connectivity index (χ0) is 10.4. The van der Waals surface area contributed by atoms with E-state index in [0.29, 0.717) is 6.54 Å². The van der Waals surface area contributed by atoms with Crippen LogP contribution < -0.4 is 5.32 Å². The Hall–Kier alpha value is -0.940. The average Bonchev–Trinajstić information content (AvgIpc) is 2.52. The highest BCUT2D eigenvalue weighted by Crippen LogP contribution is 2.08. The number of ether oxygens (including phenoxy) is 1. The van der Waals surface area contributed by atoms with Crippen molar-refractivity contribution in [1.82, 2.24) is 10.3 Å². The van der Waals surface area contributed by atoms with Crippen molar-refractivity contribution in [2.75, 3.05) is 20.3 Å². The normalized spacial score (nSPS) is 10.1. The molecule has 14 heavy (non-hydrogen) atoms. The molecule has 78 valence electrons. The molecule has 0 aliphatic heterocycles. The first kappa shape index (κ1) is 11.1. The quantitative estimate of drug-likeness (QED) is 0.787. The van der Waals surface area contributed by atoms with E-state index in [2.05, 4.69) is 15.0 Å². The molecule has 0 aliphatic rings. The molecule has 1 amide bonds. The number of amides is 1. The molecule has 1 aromatic heterocycles. The molecule has 0 fully saturated rings. The van der Waals surface area contributed by atoms with Crippen molar-refractivity contribution in [3.63, 3.8) is 0 Å². The number of nitrogens with one attached hydrogen (secondary N) is 1. The number of hydrogen-bond acceptors (Lipinski definition) is 4. The van der Waals surface area contributed by atoms with Gasteiger partial charge in [-0.1, -0.05) is 0 Å². The first-order valence-corrected chi connectivity index (χ1v) is 5.27. The lowest BCUT2D eigenvalue weighted by atomic mass is 10.4. The van der Waals surface area contributed by atoms with Gasteiger partial charge in [-0.2, -0.15) is 0 Å². The van der Waals surface area contributed by atoms with Gasteiger partial charge in [-0.25, -0.2) is 4.98 Å². The fourth-order valence-electron chi connectivity index (χ4n) is 1.01. The predicted molar refractivity (Wildman–Crippen MR) is 55.4 cm³/mol. The summed E-state index contributed by atoms with van der Waals surface area (Å²) in [5.74, 6) is -0.0826. The minimum Gasteiger partial charge on any atom is -0.375 e. The summed E-state index contributed by atoms with van der Waals surface area (Å²) in [7, 11) is 1.50. The van der Waals surface area contributed by atoms with Crippen molar-refractivity contribution in [1.29, 1.82) is 0 Å². The highest BCUT2D eigenvalue weighted by Gasteiger charge is 2.01. The highest BCUT2D eigenvalue weighted by molar-refractivity contribution is 7.09. The molecule has 0 saturated carbocycles. The first-order chi connectivity index (χ1) is 6.72. The van der Waals surface area contributed by atoms with Gasteiger partial charge < -0.3 is 10.1 Å². The molecule has 1 heterocycles. The minimum atomic E-state index is -0.0826. The van der Waals surface area contributed by atoms with E-state index in [4.69, 9.17) is 0 Å². The number of rotatable bonds is 5. The molecule has 0 atom stereocenters. The summed E-state index contributed by atoms with van der Waals surface area (Å²) >= 11 is 1.62. The Bertz CT molecular complexity index is 299. The van der Waals surface area contributed by atoms with Crippen molar-refractivity contribution in [3.8, 4) is 0 Å². The Morgan fingerprint density at radius 2 is 2.50 bits per heavy atom. The molecule has 0 spiro atoms. The number of thiazole rings is 1. The van der Waals surface area contributed by atoms with Gasteiger partial charge in [0.2, 0.25) is 5.91 Å². The van der Waals surface area contributed by atoms with Crippen LogP contribution in [0.3, 0.4) is 0 Å². The monoisotopic (exact) mass is 214 g/mol. The van der Waals surface area contributed by atoms with Gasteiger partial charge in [0.05, 0.1) is 5.01 Å². The van der Waals surface area contributed by atoms with Crippen LogP contribution in [0.15, 0.2) is 5.38 Å². The maximum absolute atomic E-state index is 11.0. The van der Waals surface area contributed by atoms with E-state index in [-0.39, 0.29) is 12.5 Å². The van der Waals surface area contributed by atoms with Crippen LogP contribution >= 0.6 is 11.3 Å². The van der Waals surface area contributed by atoms with Crippen LogP contribution in [0, 0.1) is 6.92 Å². The molecule has 1 N–H and O–H groups in total. The number of methoxy groups -OCH3 is 1. The van der Waals surface area contributed by atoms with Gasteiger partial charge in [0.25, 0.3) is 0 Å². The van der Waals surface area contributed by atoms with Gasteiger partial charge in [0, 0.05) is 31.1 Å². The zero-order valence-corrected chi connectivity index (χ0v) is 9.19. The summed E-state index contributed by atoms with van der Waals surface area (Å²) in [6, 6.07) is 0. The number of aryl methyl sites for hydroxylation is 1. The maximum Gasteiger partial charge on any atom is 0.245 e. The molecule has 0 aromatic carbocycles. The lowest BCUT2D eigenvalue weighted by Crippen LogP contribution is -2.28. The number of aromatic nitrogens is 1. The molecule has 5 heteroatoms. The van der Waals surface area contributed by atoms with E-state index in [1.807, 2.05) is 12.3 Å². The second kappa shape index (κ2) is 5.72. The zero-order valence-electron chi connectivity index (χ0n) is 8.37. The Balaban J connectivity index is 2.18. The van der Waals surface area contributed by atoms with Crippen molar-refractivity contribution < 1.29 is 9.53 Å². The van der Waals surface area contributed by atoms with Gasteiger partial charge in [0.15, 0.2) is 0 Å². The van der Waals surface area contributed by atoms with Crippen LogP contribution in [-0.2, 0) is 16.0 Å². The molecular formula is C9H14N2O2S. The summed E-state index contributed by atoms with van der Waals surface area (Å²) in [6.45, 7) is 2.70. The summed E-state index contributed by atoms with van der Waals surface area (Å²) in [6.07, 6.45) is 0.786. The number of nitrogens with zero attached hydrogens (tertiary/aromatic N) is 1. The minimum absolute atomic E-state index is 0.0826. The Kier molecular flexibility index (Phi) is 4.55. The van der Waals surface area contributed by atoms with Gasteiger partial charge in [-0.3, -0.25) is 4.79 Å². The number of carbonyl (C=O) groups is 1. The number of carbonyl (C=O) groups excluding carboxylic acids is 1. The molecule has 1 aromatic rings. The van der Waals surface area contributed by atoms with Gasteiger partial charge in [-0.15, -0.1) is 11.3 Å². The largest absolute Gasteiger partial charge is 0.375 e. The molecule has 0 radical (unpaired) electrons. The molecule has 0 bridgehead atoms. The third-order valence-electron chi connectivity index (χ3n) is 1.60. The van der Waals surface area contributed by atoms with Crippen molar-refractivity contribution in [3.05, 3.63) is 16.1 Å². The van der Waals surface area contributed by atoms with E-state index in [0.717, 1.165) is 17.1 Å². The smallest absolute Gasteiger partial charge is 0.245 e. The molecule has 4 nitrogen and oxygen atoms in total. The SMILES string of the molecule is COCC(=O)NCCc1nc(C)cs1. The standard InChI is InChI=1S/C9H14N2O2S/c1-7-6-14-9(11-7)3-4-10-8(12)5-13-2/h6H,3-5H2,1-2H3,(H,10,12). The molecule has 0 saturated heterocycles. The lowest BCUT2D eigenvalue weighted by Gasteiger charge is -2.01. The van der Waals surface area contributed by atoms with Crippen LogP contribution in [0.1, 0.15) is 10.7 Å². The van der Waals surface area contributed by atoms with Gasteiger partial charge in [-0.05, 0) is 6.92 Å². The van der Waals surface area contributed by atoms with Crippen LogP contribution in [0.2, 0.25) is 0 Å². The van der Waals surface area contributed by atoms with E-state index in [1.54, 1.807) is 11.3 Å². The van der Waals surface area contributed by atoms with E-state index < -0.39 is 0 Å². The number of hydrogen-bond donors (Lipinski definition) is 1. The topological polar surface area (TPSA) is 51.2 Å². The predicted octanol–water partition coefficient (Wildman–Crippen LogP) is 0.757. The van der Waals surface area contributed by atoms with Crippen LogP contribution in [0.5, 0.6) is 0 Å². The molecular weight excluding hydrogens is 200 g/mol. The average molecular weight is 214 g/mol. The highest BCUT2D eigenvalue weighted by atomic mass is 32.1. The maximum atomic E-state index is 11.0. The first-order valence-electron chi connectivity index (χ1n) is 4.39. The third kappa shape index (κ3) is 3.85. The Labute approximate surface area is 87.3 Å². The second-order valence-corrected chi connectivity index (χ2v) is 3.86. The molecule has 0 unspecified atom stereocenters. The summed E-state index contributed by atoms with van der Waals surface area (Å²) < 4.78 is 4.69. The van der Waals surface area contributed by atoms with Crippen LogP contribution in [0.4, 0.5) is 0 Å². The van der Waals surface area contributed by atoms with Crippen LogP contribution in [0.25, 0.3) is 0 Å². The van der Waals surface area contributed by atoms with Crippen molar-refractivity contribution >= 4 is 17.2 Å². The van der Waals surface area contributed by atoms with Gasteiger partial charge in [0.1, 0.15) is 6.61 Å². The van der Waals surface area contributed by atoms with E-state index in [9.17, 15) is 4.79 Å². The van der Waals surface area contributed by atoms with E-state index >= 15 is 0 Å². The van der Waals surface area contributed by atoms with E-state index in [1.165, 1.54) is 7.11 Å². The summed E-state index contributed by atoms with van der Waals surface area (Å²) in [5, 5.41) is 5.81.